The normalized spacial score (nSPS) is 21.5. The second-order valence-electron chi connectivity index (χ2n) is 6.58. The van der Waals surface area contributed by atoms with Crippen molar-refractivity contribution in [3.63, 3.8) is 0 Å². The Kier molecular flexibility index (Phi) is 6.98. The van der Waals surface area contributed by atoms with Crippen molar-refractivity contribution in [2.75, 3.05) is 6.54 Å². The van der Waals surface area contributed by atoms with E-state index in [1.807, 2.05) is 0 Å². The molecule has 0 spiro atoms. The van der Waals surface area contributed by atoms with E-state index in [4.69, 9.17) is 0 Å². The fourth-order valence-electron chi connectivity index (χ4n) is 3.57. The summed E-state index contributed by atoms with van der Waals surface area (Å²) in [6.07, 6.45) is 15.6. The molecule has 0 bridgehead atoms. The van der Waals surface area contributed by atoms with Crippen molar-refractivity contribution in [2.45, 2.75) is 70.6 Å². The topological polar surface area (TPSA) is 46.2 Å². The van der Waals surface area contributed by atoms with Crippen LogP contribution < -0.4 is 5.32 Å². The molecule has 118 valence electrons. The lowest BCUT2D eigenvalue weighted by atomic mass is 9.85. The molecular weight excluding hydrogens is 262 g/mol. The summed E-state index contributed by atoms with van der Waals surface area (Å²) in [6, 6.07) is 0. The van der Waals surface area contributed by atoms with Crippen molar-refractivity contribution in [1.82, 2.24) is 5.32 Å². The monoisotopic (exact) mass is 291 g/mol. The molecule has 0 atom stereocenters. The molecule has 0 unspecified atom stereocenters. The quantitative estimate of drug-likeness (QED) is 0.573. The number of hydrogen-bond acceptors (Lipinski definition) is 3. The Hall–Kier alpha value is -1.12. The first kappa shape index (κ1) is 16.3. The molecule has 0 aromatic carbocycles. The van der Waals surface area contributed by atoms with Crippen LogP contribution in [0.15, 0.2) is 12.3 Å². The third-order valence-corrected chi connectivity index (χ3v) is 4.95. The zero-order chi connectivity index (χ0) is 14.9. The van der Waals surface area contributed by atoms with Gasteiger partial charge in [-0.05, 0) is 38.0 Å². The molecule has 0 aliphatic heterocycles. The van der Waals surface area contributed by atoms with E-state index in [9.17, 15) is 9.59 Å². The molecule has 0 saturated heterocycles. The van der Waals surface area contributed by atoms with Gasteiger partial charge in [-0.3, -0.25) is 9.59 Å². The van der Waals surface area contributed by atoms with Crippen LogP contribution in [-0.4, -0.2) is 18.1 Å². The Labute approximate surface area is 128 Å². The van der Waals surface area contributed by atoms with E-state index >= 15 is 0 Å². The summed E-state index contributed by atoms with van der Waals surface area (Å²) in [4.78, 5) is 24.0. The predicted octanol–water partition coefficient (Wildman–Crippen LogP) is 3.78. The van der Waals surface area contributed by atoms with E-state index in [-0.39, 0.29) is 11.7 Å². The Balaban J connectivity index is 1.58. The summed E-state index contributed by atoms with van der Waals surface area (Å²) >= 11 is 0. The maximum absolute atomic E-state index is 12.0. The fourth-order valence-corrected chi connectivity index (χ4v) is 3.57. The summed E-state index contributed by atoms with van der Waals surface area (Å²) < 4.78 is 0. The summed E-state index contributed by atoms with van der Waals surface area (Å²) in [5, 5.41) is 3.10. The smallest absolute Gasteiger partial charge is 0.160 e. The summed E-state index contributed by atoms with van der Waals surface area (Å²) in [5.74, 6) is 1.18. The molecule has 1 N–H and O–H groups in total. The van der Waals surface area contributed by atoms with Crippen molar-refractivity contribution in [2.24, 2.45) is 11.8 Å². The minimum Gasteiger partial charge on any atom is -0.390 e. The molecule has 2 aliphatic rings. The van der Waals surface area contributed by atoms with Gasteiger partial charge in [-0.15, -0.1) is 0 Å². The molecule has 0 aromatic heterocycles. The highest BCUT2D eigenvalue weighted by Gasteiger charge is 2.20. The van der Waals surface area contributed by atoms with E-state index in [0.717, 1.165) is 25.7 Å². The minimum absolute atomic E-state index is 0.237. The van der Waals surface area contributed by atoms with E-state index in [2.05, 4.69) is 5.32 Å². The van der Waals surface area contributed by atoms with Crippen LogP contribution in [0.2, 0.25) is 0 Å². The Morgan fingerprint density at radius 1 is 0.857 bits per heavy atom. The van der Waals surface area contributed by atoms with Gasteiger partial charge in [0.15, 0.2) is 5.78 Å². The lowest BCUT2D eigenvalue weighted by Gasteiger charge is -2.20. The Bertz CT molecular complexity index is 363. The first-order valence-corrected chi connectivity index (χ1v) is 8.74. The van der Waals surface area contributed by atoms with Crippen LogP contribution in [0.3, 0.4) is 0 Å². The maximum Gasteiger partial charge on any atom is 0.160 e. The number of allylic oxidation sites excluding steroid dienone is 1. The third kappa shape index (κ3) is 5.64. The van der Waals surface area contributed by atoms with E-state index in [1.54, 1.807) is 12.3 Å². The highest BCUT2D eigenvalue weighted by Crippen LogP contribution is 2.25. The lowest BCUT2D eigenvalue weighted by molar-refractivity contribution is -0.123. The van der Waals surface area contributed by atoms with Gasteiger partial charge in [-0.25, -0.2) is 0 Å². The van der Waals surface area contributed by atoms with Gasteiger partial charge in [0.2, 0.25) is 0 Å². The van der Waals surface area contributed by atoms with Gasteiger partial charge in [0.1, 0.15) is 5.78 Å². The van der Waals surface area contributed by atoms with Gasteiger partial charge in [0.25, 0.3) is 0 Å². The van der Waals surface area contributed by atoms with Gasteiger partial charge in [0, 0.05) is 24.8 Å². The van der Waals surface area contributed by atoms with Crippen molar-refractivity contribution < 1.29 is 9.59 Å². The predicted molar refractivity (Wildman–Crippen MR) is 84.9 cm³/mol. The highest BCUT2D eigenvalue weighted by atomic mass is 16.1. The van der Waals surface area contributed by atoms with E-state index in [0.29, 0.717) is 24.7 Å². The molecule has 0 aromatic rings. The average Bonchev–Trinajstić information content (AvgIpc) is 2.55. The van der Waals surface area contributed by atoms with Gasteiger partial charge in [0.05, 0.1) is 0 Å². The third-order valence-electron chi connectivity index (χ3n) is 4.95. The van der Waals surface area contributed by atoms with Gasteiger partial charge < -0.3 is 5.32 Å². The van der Waals surface area contributed by atoms with Crippen LogP contribution in [0.25, 0.3) is 0 Å². The number of rotatable bonds is 7. The summed E-state index contributed by atoms with van der Waals surface area (Å²) in [5.41, 5.74) is 0. The molecule has 0 radical (unpaired) electrons. The number of carbonyl (C=O) groups excluding carboxylic acids is 2. The van der Waals surface area contributed by atoms with Gasteiger partial charge >= 0.3 is 0 Å². The summed E-state index contributed by atoms with van der Waals surface area (Å²) in [7, 11) is 0. The number of ketones is 2. The molecule has 21 heavy (non-hydrogen) atoms. The largest absolute Gasteiger partial charge is 0.390 e. The van der Waals surface area contributed by atoms with Crippen LogP contribution in [0.5, 0.6) is 0 Å². The molecule has 3 nitrogen and oxygen atoms in total. The molecule has 3 heteroatoms. The maximum atomic E-state index is 12.0. The van der Waals surface area contributed by atoms with Gasteiger partial charge in [-0.2, -0.15) is 0 Å². The molecule has 2 saturated carbocycles. The first-order valence-electron chi connectivity index (χ1n) is 8.74. The van der Waals surface area contributed by atoms with Crippen LogP contribution in [0.1, 0.15) is 70.6 Å². The van der Waals surface area contributed by atoms with Gasteiger partial charge in [-0.1, -0.05) is 38.5 Å². The number of nitrogens with one attached hydrogen (secondary N) is 1. The van der Waals surface area contributed by atoms with Crippen LogP contribution in [0, 0.1) is 11.8 Å². The van der Waals surface area contributed by atoms with Crippen molar-refractivity contribution in [3.05, 3.63) is 12.3 Å². The standard InChI is InChI=1S/C18H29NO2/c20-17(15-7-3-1-4-8-15)11-13-19-14-12-18(21)16-9-5-2-6-10-16/h11,13,15-16,19H,1-10,12,14H2/b13-11+. The SMILES string of the molecule is O=C(/C=C/NCCC(=O)C1CCCCC1)C1CCCCC1. The molecule has 0 heterocycles. The lowest BCUT2D eigenvalue weighted by Crippen LogP contribution is -2.22. The van der Waals surface area contributed by atoms with Crippen LogP contribution >= 0.6 is 0 Å². The van der Waals surface area contributed by atoms with Crippen molar-refractivity contribution in [3.8, 4) is 0 Å². The number of carbonyl (C=O) groups is 2. The highest BCUT2D eigenvalue weighted by molar-refractivity contribution is 5.91. The minimum atomic E-state index is 0.237. The van der Waals surface area contributed by atoms with Crippen LogP contribution in [-0.2, 0) is 9.59 Å². The van der Waals surface area contributed by atoms with E-state index < -0.39 is 0 Å². The molecule has 2 rings (SSSR count). The fraction of sp³-hybridized carbons (Fsp3) is 0.778. The van der Waals surface area contributed by atoms with Crippen LogP contribution in [0.4, 0.5) is 0 Å². The molecule has 0 amide bonds. The Morgan fingerprint density at radius 3 is 2.05 bits per heavy atom. The molecular formula is C18H29NO2. The second-order valence-corrected chi connectivity index (χ2v) is 6.58. The van der Waals surface area contributed by atoms with E-state index in [1.165, 1.54) is 38.5 Å². The zero-order valence-corrected chi connectivity index (χ0v) is 13.1. The number of Topliss-reactive ketones (excluding diaryl/α,β-unsaturated/α-hetero) is 1. The molecule has 2 aliphatic carbocycles. The summed E-state index contributed by atoms with van der Waals surface area (Å²) in [6.45, 7) is 0.657. The number of hydrogen-bond donors (Lipinski definition) is 1. The second kappa shape index (κ2) is 9.01. The average molecular weight is 291 g/mol. The van der Waals surface area contributed by atoms with Crippen molar-refractivity contribution >= 4 is 11.6 Å². The first-order chi connectivity index (χ1) is 10.3. The molecule has 2 fully saturated rings. The van der Waals surface area contributed by atoms with Crippen molar-refractivity contribution in [1.29, 1.82) is 0 Å². The zero-order valence-electron chi connectivity index (χ0n) is 13.1. The Morgan fingerprint density at radius 2 is 1.43 bits per heavy atom.